The van der Waals surface area contributed by atoms with E-state index in [1.807, 2.05) is 12.1 Å². The molecule has 7 rings (SSSR count). The summed E-state index contributed by atoms with van der Waals surface area (Å²) in [4.78, 5) is 10.5. The second-order valence-corrected chi connectivity index (χ2v) is 10.3. The third-order valence-electron chi connectivity index (χ3n) is 7.46. The lowest BCUT2D eigenvalue weighted by Crippen LogP contribution is -1.95. The van der Waals surface area contributed by atoms with Crippen LogP contribution in [-0.2, 0) is 0 Å². The average Bonchev–Trinajstić information content (AvgIpc) is 3.07. The molecule has 2 aromatic heterocycles. The number of hydrogen-bond acceptors (Lipinski definition) is 2. The Morgan fingerprint density at radius 3 is 1.10 bits per heavy atom. The molecule has 0 unspecified atom stereocenters. The minimum absolute atomic E-state index is 0.894. The van der Waals surface area contributed by atoms with Crippen LogP contribution < -0.4 is 0 Å². The first-order valence-corrected chi connectivity index (χ1v) is 14.2. The van der Waals surface area contributed by atoms with Crippen molar-refractivity contribution in [1.29, 1.82) is 0 Å². The van der Waals surface area contributed by atoms with E-state index >= 15 is 0 Å². The summed E-state index contributed by atoms with van der Waals surface area (Å²) in [5, 5.41) is 2.17. The van der Waals surface area contributed by atoms with E-state index in [1.54, 1.807) is 0 Å². The summed E-state index contributed by atoms with van der Waals surface area (Å²) in [6.07, 6.45) is 8.42. The Labute approximate surface area is 246 Å². The zero-order valence-electron chi connectivity index (χ0n) is 23.1. The van der Waals surface area contributed by atoms with Crippen LogP contribution in [0.2, 0.25) is 0 Å². The Hall–Kier alpha value is -5.60. The van der Waals surface area contributed by atoms with E-state index in [0.29, 0.717) is 0 Å². The monoisotopic (exact) mass is 536 g/mol. The fourth-order valence-corrected chi connectivity index (χ4v) is 5.39. The zero-order valence-corrected chi connectivity index (χ0v) is 23.1. The van der Waals surface area contributed by atoms with Gasteiger partial charge in [-0.15, -0.1) is 0 Å². The molecule has 0 spiro atoms. The van der Waals surface area contributed by atoms with Crippen molar-refractivity contribution in [3.63, 3.8) is 0 Å². The average molecular weight is 537 g/mol. The van der Waals surface area contributed by atoms with Crippen LogP contribution in [0.5, 0.6) is 0 Å². The highest BCUT2D eigenvalue weighted by Crippen LogP contribution is 2.37. The lowest BCUT2D eigenvalue weighted by atomic mass is 9.95. The van der Waals surface area contributed by atoms with Gasteiger partial charge in [-0.1, -0.05) is 146 Å². The molecule has 0 bridgehead atoms. The molecule has 0 amide bonds. The van der Waals surface area contributed by atoms with Gasteiger partial charge in [-0.3, -0.25) is 0 Å². The predicted octanol–water partition coefficient (Wildman–Crippen LogP) is 10.5. The Kier molecular flexibility index (Phi) is 6.94. The van der Waals surface area contributed by atoms with Gasteiger partial charge in [0.15, 0.2) is 0 Å². The standard InChI is InChI=1S/C40H28N2/c1-5-13-29(14-6-1)21-23-33-27-37(31-17-9-3-10-18-31)35-25-26-36-38(32-19-11-4-12-20-32)28-34(42-40(36)39(35)41-33)24-22-30-15-7-2-8-16-30/h1-28H/b23-21+,24-22+. The maximum atomic E-state index is 5.23. The van der Waals surface area contributed by atoms with Crippen molar-refractivity contribution >= 4 is 46.1 Å². The van der Waals surface area contributed by atoms with Crippen LogP contribution in [0, 0.1) is 0 Å². The number of benzene rings is 5. The SMILES string of the molecule is C(=C\c1cc(-c2ccccc2)c2ccc3c(-c4ccccc4)cc(/C=C/c4ccccc4)nc3c2n1)/c1ccccc1. The van der Waals surface area contributed by atoms with E-state index in [-0.39, 0.29) is 0 Å². The highest BCUT2D eigenvalue weighted by atomic mass is 14.8. The maximum Gasteiger partial charge on any atom is 0.0978 e. The summed E-state index contributed by atoms with van der Waals surface area (Å²) in [5.41, 5.74) is 10.4. The topological polar surface area (TPSA) is 25.8 Å². The molecule has 0 atom stereocenters. The Morgan fingerprint density at radius 2 is 0.714 bits per heavy atom. The molecule has 2 heteroatoms. The van der Waals surface area contributed by atoms with E-state index < -0.39 is 0 Å². The van der Waals surface area contributed by atoms with Gasteiger partial charge < -0.3 is 0 Å². The summed E-state index contributed by atoms with van der Waals surface area (Å²) in [5.74, 6) is 0. The second kappa shape index (κ2) is 11.5. The normalized spacial score (nSPS) is 11.6. The van der Waals surface area contributed by atoms with E-state index in [4.69, 9.17) is 9.97 Å². The van der Waals surface area contributed by atoms with Crippen molar-refractivity contribution in [2.24, 2.45) is 0 Å². The third kappa shape index (κ3) is 5.26. The first-order valence-electron chi connectivity index (χ1n) is 14.2. The number of aromatic nitrogens is 2. The second-order valence-electron chi connectivity index (χ2n) is 10.3. The summed E-state index contributed by atoms with van der Waals surface area (Å²) in [6, 6.07) is 50.5. The molecule has 0 saturated heterocycles. The van der Waals surface area contributed by atoms with E-state index in [0.717, 1.165) is 66.6 Å². The van der Waals surface area contributed by atoms with Crippen LogP contribution in [0.15, 0.2) is 146 Å². The fourth-order valence-electron chi connectivity index (χ4n) is 5.39. The summed E-state index contributed by atoms with van der Waals surface area (Å²) < 4.78 is 0. The fraction of sp³-hybridized carbons (Fsp3) is 0. The Balaban J connectivity index is 1.50. The van der Waals surface area contributed by atoms with Crippen molar-refractivity contribution in [3.05, 3.63) is 168 Å². The first-order chi connectivity index (χ1) is 20.8. The smallest absolute Gasteiger partial charge is 0.0978 e. The lowest BCUT2D eigenvalue weighted by molar-refractivity contribution is 1.34. The van der Waals surface area contributed by atoms with Crippen LogP contribution in [0.25, 0.3) is 68.4 Å². The van der Waals surface area contributed by atoms with Crippen molar-refractivity contribution in [2.75, 3.05) is 0 Å². The molecule has 2 nitrogen and oxygen atoms in total. The van der Waals surface area contributed by atoms with Gasteiger partial charge in [-0.2, -0.15) is 0 Å². The largest absolute Gasteiger partial charge is 0.246 e. The van der Waals surface area contributed by atoms with Crippen LogP contribution >= 0.6 is 0 Å². The molecule has 0 aliphatic rings. The highest BCUT2D eigenvalue weighted by Gasteiger charge is 2.15. The number of nitrogens with zero attached hydrogens (tertiary/aromatic N) is 2. The summed E-state index contributed by atoms with van der Waals surface area (Å²) >= 11 is 0. The van der Waals surface area contributed by atoms with Gasteiger partial charge in [0.1, 0.15) is 0 Å². The van der Waals surface area contributed by atoms with Crippen molar-refractivity contribution in [2.45, 2.75) is 0 Å². The minimum atomic E-state index is 0.894. The molecule has 2 heterocycles. The third-order valence-corrected chi connectivity index (χ3v) is 7.46. The summed E-state index contributed by atoms with van der Waals surface area (Å²) in [6.45, 7) is 0. The van der Waals surface area contributed by atoms with Crippen LogP contribution in [-0.4, -0.2) is 9.97 Å². The Morgan fingerprint density at radius 1 is 0.357 bits per heavy atom. The zero-order chi connectivity index (χ0) is 28.1. The van der Waals surface area contributed by atoms with E-state index in [9.17, 15) is 0 Å². The molecule has 0 aliphatic carbocycles. The van der Waals surface area contributed by atoms with Crippen molar-refractivity contribution < 1.29 is 0 Å². The van der Waals surface area contributed by atoms with Gasteiger partial charge >= 0.3 is 0 Å². The molecule has 0 N–H and O–H groups in total. The predicted molar refractivity (Wildman–Crippen MR) is 179 cm³/mol. The lowest BCUT2D eigenvalue weighted by Gasteiger charge is -2.14. The van der Waals surface area contributed by atoms with Crippen LogP contribution in [0.3, 0.4) is 0 Å². The van der Waals surface area contributed by atoms with Gasteiger partial charge in [0, 0.05) is 10.8 Å². The molecule has 5 aromatic carbocycles. The number of hydrogen-bond donors (Lipinski definition) is 0. The van der Waals surface area contributed by atoms with Crippen LogP contribution in [0.4, 0.5) is 0 Å². The molecule has 198 valence electrons. The van der Waals surface area contributed by atoms with E-state index in [1.165, 1.54) is 0 Å². The summed E-state index contributed by atoms with van der Waals surface area (Å²) in [7, 11) is 0. The van der Waals surface area contributed by atoms with E-state index in [2.05, 4.69) is 158 Å². The number of rotatable bonds is 6. The molecular formula is C40H28N2. The molecular weight excluding hydrogens is 508 g/mol. The molecule has 42 heavy (non-hydrogen) atoms. The highest BCUT2D eigenvalue weighted by molar-refractivity contribution is 6.12. The van der Waals surface area contributed by atoms with Crippen molar-refractivity contribution in [3.8, 4) is 22.3 Å². The quantitative estimate of drug-likeness (QED) is 0.198. The van der Waals surface area contributed by atoms with Gasteiger partial charge in [0.25, 0.3) is 0 Å². The Bertz CT molecular complexity index is 1890. The van der Waals surface area contributed by atoms with Gasteiger partial charge in [0.05, 0.1) is 22.4 Å². The molecule has 0 saturated carbocycles. The molecule has 0 fully saturated rings. The first kappa shape index (κ1) is 25.4. The number of pyridine rings is 2. The molecule has 0 radical (unpaired) electrons. The minimum Gasteiger partial charge on any atom is -0.246 e. The van der Waals surface area contributed by atoms with Crippen molar-refractivity contribution in [1.82, 2.24) is 9.97 Å². The van der Waals surface area contributed by atoms with Gasteiger partial charge in [-0.05, 0) is 57.7 Å². The van der Waals surface area contributed by atoms with Crippen LogP contribution in [0.1, 0.15) is 22.5 Å². The number of fused-ring (bicyclic) bond motifs is 3. The van der Waals surface area contributed by atoms with Gasteiger partial charge in [-0.25, -0.2) is 9.97 Å². The molecule has 7 aromatic rings. The van der Waals surface area contributed by atoms with Gasteiger partial charge in [0.2, 0.25) is 0 Å². The molecule has 0 aliphatic heterocycles. The maximum absolute atomic E-state index is 5.23.